The molecule has 0 aliphatic carbocycles. The van der Waals surface area contributed by atoms with Crippen molar-refractivity contribution >= 4 is 28.0 Å². The van der Waals surface area contributed by atoms with Crippen molar-refractivity contribution in [2.45, 2.75) is 20.0 Å². The topological polar surface area (TPSA) is 86.2 Å². The smallest absolute Gasteiger partial charge is 0.336 e. The first-order chi connectivity index (χ1) is 16.4. The number of halogens is 1. The second kappa shape index (κ2) is 8.47. The molecule has 0 spiro atoms. The Morgan fingerprint density at radius 1 is 0.971 bits per heavy atom. The molecule has 2 heterocycles. The van der Waals surface area contributed by atoms with E-state index in [9.17, 15) is 18.8 Å². The number of aryl methyl sites for hydroxylation is 1. The molecule has 3 aromatic carbocycles. The van der Waals surface area contributed by atoms with Gasteiger partial charge in [0, 0.05) is 11.9 Å². The van der Waals surface area contributed by atoms with Crippen LogP contribution in [-0.2, 0) is 17.9 Å². The molecule has 7 nitrogen and oxygen atoms in total. The zero-order valence-corrected chi connectivity index (χ0v) is 18.2. The molecule has 8 heteroatoms. The number of nitrogens with zero attached hydrogens (tertiary/aromatic N) is 2. The minimum atomic E-state index is -0.721. The van der Waals surface area contributed by atoms with Gasteiger partial charge in [-0.15, -0.1) is 0 Å². The highest BCUT2D eigenvalue weighted by Crippen LogP contribution is 2.25. The number of benzene rings is 3. The van der Waals surface area contributed by atoms with Crippen molar-refractivity contribution in [2.75, 3.05) is 0 Å². The summed E-state index contributed by atoms with van der Waals surface area (Å²) < 4.78 is 21.3. The van der Waals surface area contributed by atoms with Gasteiger partial charge in [-0.25, -0.2) is 13.8 Å². The van der Waals surface area contributed by atoms with E-state index in [0.29, 0.717) is 17.5 Å². The molecule has 34 heavy (non-hydrogen) atoms. The van der Waals surface area contributed by atoms with Crippen LogP contribution in [0.5, 0.6) is 0 Å². The van der Waals surface area contributed by atoms with Gasteiger partial charge in [-0.05, 0) is 48.9 Å². The van der Waals surface area contributed by atoms with E-state index in [4.69, 9.17) is 4.42 Å². The third-order valence-electron chi connectivity index (χ3n) is 5.66. The van der Waals surface area contributed by atoms with Crippen LogP contribution in [0.4, 0.5) is 4.39 Å². The fraction of sp³-hybridized carbons (Fsp3) is 0.115. The summed E-state index contributed by atoms with van der Waals surface area (Å²) in [5.41, 5.74) is 1.40. The van der Waals surface area contributed by atoms with Crippen LogP contribution in [0.1, 0.15) is 11.1 Å². The Labute approximate surface area is 192 Å². The quantitative estimate of drug-likeness (QED) is 0.436. The highest BCUT2D eigenvalue weighted by molar-refractivity contribution is 6.02. The highest BCUT2D eigenvalue weighted by atomic mass is 19.1. The number of para-hydroxylation sites is 1. The summed E-state index contributed by atoms with van der Waals surface area (Å²) >= 11 is 0. The fourth-order valence-corrected chi connectivity index (χ4v) is 3.92. The van der Waals surface area contributed by atoms with E-state index in [0.717, 1.165) is 27.8 Å². The van der Waals surface area contributed by atoms with E-state index in [1.54, 1.807) is 24.3 Å². The molecular formula is C26H20FN3O4. The van der Waals surface area contributed by atoms with Gasteiger partial charge in [0.2, 0.25) is 11.5 Å². The van der Waals surface area contributed by atoms with E-state index < -0.39 is 23.0 Å². The molecule has 5 rings (SSSR count). The maximum absolute atomic E-state index is 13.5. The van der Waals surface area contributed by atoms with Crippen molar-refractivity contribution in [3.8, 4) is 5.69 Å². The van der Waals surface area contributed by atoms with Gasteiger partial charge in [0.15, 0.2) is 0 Å². The molecule has 0 fully saturated rings. The Kier molecular flexibility index (Phi) is 5.33. The monoisotopic (exact) mass is 457 g/mol. The number of hydrogen-bond donors (Lipinski definition) is 1. The molecule has 0 aliphatic rings. The van der Waals surface area contributed by atoms with Crippen LogP contribution in [0.15, 0.2) is 86.8 Å². The lowest BCUT2D eigenvalue weighted by Crippen LogP contribution is -2.41. The molecule has 0 saturated carbocycles. The van der Waals surface area contributed by atoms with Gasteiger partial charge in [-0.1, -0.05) is 42.0 Å². The van der Waals surface area contributed by atoms with Crippen LogP contribution < -0.4 is 16.6 Å². The van der Waals surface area contributed by atoms with Crippen LogP contribution in [0.3, 0.4) is 0 Å². The van der Waals surface area contributed by atoms with Crippen molar-refractivity contribution in [1.82, 2.24) is 14.5 Å². The zero-order chi connectivity index (χ0) is 23.8. The molecule has 2 aromatic heterocycles. The summed E-state index contributed by atoms with van der Waals surface area (Å²) in [6, 6.07) is 19.6. The third-order valence-corrected chi connectivity index (χ3v) is 5.66. The summed E-state index contributed by atoms with van der Waals surface area (Å²) in [4.78, 5) is 39.6. The minimum Gasteiger partial charge on any atom is -0.449 e. The van der Waals surface area contributed by atoms with Crippen molar-refractivity contribution in [3.05, 3.63) is 111 Å². The van der Waals surface area contributed by atoms with Crippen molar-refractivity contribution in [3.63, 3.8) is 0 Å². The lowest BCUT2D eigenvalue weighted by atomic mass is 10.1. The van der Waals surface area contributed by atoms with Gasteiger partial charge in [-0.2, -0.15) is 0 Å². The second-order valence-electron chi connectivity index (χ2n) is 8.02. The second-order valence-corrected chi connectivity index (χ2v) is 8.02. The molecule has 0 saturated heterocycles. The number of aromatic nitrogens is 2. The number of carbonyl (C=O) groups is 1. The number of amides is 1. The van der Waals surface area contributed by atoms with Crippen LogP contribution in [0.2, 0.25) is 0 Å². The van der Waals surface area contributed by atoms with Crippen LogP contribution in [0, 0.1) is 12.7 Å². The summed E-state index contributed by atoms with van der Waals surface area (Å²) in [6.45, 7) is 1.94. The standard InChI is InChI=1S/C26H20FN3O4/c1-16-6-8-17(9-7-16)14-28-22(31)15-29-23-20-4-2-3-5-21(20)34-24(23)25(32)30(26(29)33)19-12-10-18(27)11-13-19/h2-13H,14-15H2,1H3,(H,28,31). The number of fused-ring (bicyclic) bond motifs is 3. The summed E-state index contributed by atoms with van der Waals surface area (Å²) in [6.07, 6.45) is 0. The number of rotatable bonds is 5. The predicted molar refractivity (Wildman–Crippen MR) is 127 cm³/mol. The molecule has 0 unspecified atom stereocenters. The SMILES string of the molecule is Cc1ccc(CNC(=O)Cn2c(=O)n(-c3ccc(F)cc3)c(=O)c3oc4ccccc4c32)cc1. The molecule has 1 N–H and O–H groups in total. The highest BCUT2D eigenvalue weighted by Gasteiger charge is 2.22. The van der Waals surface area contributed by atoms with Gasteiger partial charge >= 0.3 is 11.2 Å². The molecule has 0 radical (unpaired) electrons. The predicted octanol–water partition coefficient (Wildman–Crippen LogP) is 3.66. The van der Waals surface area contributed by atoms with Gasteiger partial charge in [0.25, 0.3) is 0 Å². The zero-order valence-electron chi connectivity index (χ0n) is 18.2. The minimum absolute atomic E-state index is 0.0588. The van der Waals surface area contributed by atoms with Crippen molar-refractivity contribution in [2.24, 2.45) is 0 Å². The number of furan rings is 1. The Balaban J connectivity index is 1.62. The lowest BCUT2D eigenvalue weighted by molar-refractivity contribution is -0.121. The molecule has 0 atom stereocenters. The third kappa shape index (κ3) is 3.79. The van der Waals surface area contributed by atoms with Crippen molar-refractivity contribution in [1.29, 1.82) is 0 Å². The average Bonchev–Trinajstić information content (AvgIpc) is 3.23. The first-order valence-corrected chi connectivity index (χ1v) is 10.7. The normalized spacial score (nSPS) is 11.2. The molecule has 5 aromatic rings. The largest absolute Gasteiger partial charge is 0.449 e. The van der Waals surface area contributed by atoms with E-state index in [2.05, 4.69) is 5.32 Å². The van der Waals surface area contributed by atoms with Gasteiger partial charge in [-0.3, -0.25) is 14.2 Å². The van der Waals surface area contributed by atoms with Crippen LogP contribution in [0.25, 0.3) is 27.8 Å². The summed E-state index contributed by atoms with van der Waals surface area (Å²) in [7, 11) is 0. The Hall–Kier alpha value is -4.46. The lowest BCUT2D eigenvalue weighted by Gasteiger charge is -2.12. The molecule has 0 bridgehead atoms. The Morgan fingerprint density at radius 2 is 1.68 bits per heavy atom. The molecule has 1 amide bonds. The average molecular weight is 457 g/mol. The van der Waals surface area contributed by atoms with Gasteiger partial charge < -0.3 is 9.73 Å². The maximum atomic E-state index is 13.5. The maximum Gasteiger partial charge on any atom is 0.336 e. The molecule has 170 valence electrons. The van der Waals surface area contributed by atoms with Gasteiger partial charge in [0.05, 0.1) is 5.69 Å². The summed E-state index contributed by atoms with van der Waals surface area (Å²) in [5, 5.41) is 3.36. The van der Waals surface area contributed by atoms with E-state index in [-0.39, 0.29) is 23.3 Å². The first kappa shape index (κ1) is 21.4. The van der Waals surface area contributed by atoms with E-state index in [1.165, 1.54) is 16.7 Å². The summed E-state index contributed by atoms with van der Waals surface area (Å²) in [5.74, 6) is -0.906. The Bertz CT molecular complexity index is 1650. The van der Waals surface area contributed by atoms with Gasteiger partial charge in [0.1, 0.15) is 23.5 Å². The number of hydrogen-bond acceptors (Lipinski definition) is 4. The van der Waals surface area contributed by atoms with E-state index in [1.807, 2.05) is 31.2 Å². The molecular weight excluding hydrogens is 437 g/mol. The molecule has 0 aliphatic heterocycles. The van der Waals surface area contributed by atoms with Crippen molar-refractivity contribution < 1.29 is 13.6 Å². The first-order valence-electron chi connectivity index (χ1n) is 10.7. The van der Waals surface area contributed by atoms with Crippen LogP contribution in [-0.4, -0.2) is 15.0 Å². The number of carbonyl (C=O) groups excluding carboxylic acids is 1. The number of nitrogens with one attached hydrogen (secondary N) is 1. The fourth-order valence-electron chi connectivity index (χ4n) is 3.92. The van der Waals surface area contributed by atoms with Crippen LogP contribution >= 0.6 is 0 Å². The van der Waals surface area contributed by atoms with E-state index >= 15 is 0 Å². The Morgan fingerprint density at radius 3 is 2.41 bits per heavy atom.